The highest BCUT2D eigenvalue weighted by Crippen LogP contribution is 2.15. The lowest BCUT2D eigenvalue weighted by Crippen LogP contribution is -2.12. The number of amidine groups is 1. The standard InChI is InChI=1S/C17H20N4O3/c1-2-15-21-14(10-23-15)16(22)19-12-6-3-11(4-7-12)5-8-13-9-24-17(18)20-13/h3-4,6-7,10,13H,2,5,8-9H2,1H3,(H2,18,20)(H,19,22)/t13-/m0/s1. The largest absolute Gasteiger partial charge is 0.463 e. The molecule has 0 bridgehead atoms. The Bertz CT molecular complexity index is 737. The molecule has 1 aliphatic rings. The second kappa shape index (κ2) is 7.16. The summed E-state index contributed by atoms with van der Waals surface area (Å²) in [6, 6.07) is 8.12. The quantitative estimate of drug-likeness (QED) is 0.845. The fourth-order valence-corrected chi connectivity index (χ4v) is 2.44. The summed E-state index contributed by atoms with van der Waals surface area (Å²) in [6.07, 6.45) is 3.79. The van der Waals surface area contributed by atoms with Crippen LogP contribution in [-0.2, 0) is 17.6 Å². The minimum atomic E-state index is -0.279. The average Bonchev–Trinajstić information content (AvgIpc) is 3.23. The van der Waals surface area contributed by atoms with Crippen LogP contribution in [0, 0.1) is 0 Å². The number of ether oxygens (including phenoxy) is 1. The number of nitrogens with one attached hydrogen (secondary N) is 1. The van der Waals surface area contributed by atoms with Gasteiger partial charge in [-0.15, -0.1) is 0 Å². The summed E-state index contributed by atoms with van der Waals surface area (Å²) in [5.74, 6) is 0.272. The van der Waals surface area contributed by atoms with Crippen LogP contribution < -0.4 is 11.1 Å². The lowest BCUT2D eigenvalue weighted by atomic mass is 10.1. The highest BCUT2D eigenvalue weighted by Gasteiger charge is 2.16. The van der Waals surface area contributed by atoms with E-state index in [2.05, 4.69) is 15.3 Å². The molecule has 1 aliphatic heterocycles. The summed E-state index contributed by atoms with van der Waals surface area (Å²) in [5, 5.41) is 2.81. The van der Waals surface area contributed by atoms with Crippen molar-refractivity contribution in [1.82, 2.24) is 4.98 Å². The minimum Gasteiger partial charge on any atom is -0.463 e. The molecule has 7 nitrogen and oxygen atoms in total. The third-order valence-electron chi connectivity index (χ3n) is 3.80. The number of benzene rings is 1. The highest BCUT2D eigenvalue weighted by atomic mass is 16.5. The van der Waals surface area contributed by atoms with Gasteiger partial charge in [0.25, 0.3) is 11.9 Å². The number of carbonyl (C=O) groups excluding carboxylic acids is 1. The van der Waals surface area contributed by atoms with Gasteiger partial charge in [-0.05, 0) is 30.5 Å². The Labute approximate surface area is 139 Å². The molecule has 1 atom stereocenters. The van der Waals surface area contributed by atoms with Crippen LogP contribution in [0.4, 0.5) is 5.69 Å². The number of aromatic nitrogens is 1. The molecular weight excluding hydrogens is 308 g/mol. The Kier molecular flexibility index (Phi) is 4.79. The molecule has 0 saturated carbocycles. The van der Waals surface area contributed by atoms with Crippen LogP contribution in [0.15, 0.2) is 39.9 Å². The van der Waals surface area contributed by atoms with Crippen molar-refractivity contribution >= 4 is 17.6 Å². The average molecular weight is 328 g/mol. The van der Waals surface area contributed by atoms with Crippen molar-refractivity contribution < 1.29 is 13.9 Å². The van der Waals surface area contributed by atoms with Crippen molar-refractivity contribution in [3.8, 4) is 0 Å². The molecule has 0 radical (unpaired) electrons. The Morgan fingerprint density at radius 3 is 2.79 bits per heavy atom. The Morgan fingerprint density at radius 2 is 2.17 bits per heavy atom. The predicted molar refractivity (Wildman–Crippen MR) is 90.0 cm³/mol. The van der Waals surface area contributed by atoms with Gasteiger partial charge in [0.15, 0.2) is 11.6 Å². The molecule has 0 unspecified atom stereocenters. The summed E-state index contributed by atoms with van der Waals surface area (Å²) in [4.78, 5) is 20.4. The third kappa shape index (κ3) is 3.92. The first kappa shape index (κ1) is 16.0. The first-order valence-corrected chi connectivity index (χ1v) is 7.95. The molecule has 2 heterocycles. The molecule has 24 heavy (non-hydrogen) atoms. The minimum absolute atomic E-state index is 0.129. The topological polar surface area (TPSA) is 103 Å². The number of aliphatic imine (C=N–C) groups is 1. The number of nitrogens with two attached hydrogens (primary N) is 1. The maximum atomic E-state index is 12.1. The molecule has 1 aromatic heterocycles. The van der Waals surface area contributed by atoms with Crippen LogP contribution in [0.3, 0.4) is 0 Å². The van der Waals surface area contributed by atoms with Gasteiger partial charge in [-0.2, -0.15) is 0 Å². The fourth-order valence-electron chi connectivity index (χ4n) is 2.44. The number of carbonyl (C=O) groups is 1. The van der Waals surface area contributed by atoms with Gasteiger partial charge >= 0.3 is 0 Å². The molecule has 7 heteroatoms. The van der Waals surface area contributed by atoms with Gasteiger partial charge in [-0.1, -0.05) is 19.1 Å². The van der Waals surface area contributed by atoms with E-state index in [-0.39, 0.29) is 23.7 Å². The van der Waals surface area contributed by atoms with E-state index >= 15 is 0 Å². The van der Waals surface area contributed by atoms with Crippen molar-refractivity contribution in [2.45, 2.75) is 32.2 Å². The van der Waals surface area contributed by atoms with Gasteiger partial charge < -0.3 is 20.2 Å². The van der Waals surface area contributed by atoms with Crippen LogP contribution in [0.5, 0.6) is 0 Å². The zero-order valence-electron chi connectivity index (χ0n) is 13.5. The Hall–Kier alpha value is -2.83. The van der Waals surface area contributed by atoms with Crippen molar-refractivity contribution in [2.24, 2.45) is 10.7 Å². The molecule has 0 saturated heterocycles. The van der Waals surface area contributed by atoms with Gasteiger partial charge in [0.2, 0.25) is 0 Å². The summed E-state index contributed by atoms with van der Waals surface area (Å²) >= 11 is 0. The molecule has 2 aromatic rings. The van der Waals surface area contributed by atoms with E-state index in [1.807, 2.05) is 31.2 Å². The van der Waals surface area contributed by atoms with Gasteiger partial charge in [0, 0.05) is 12.1 Å². The number of nitrogens with zero attached hydrogens (tertiary/aromatic N) is 2. The Balaban J connectivity index is 1.53. The maximum absolute atomic E-state index is 12.1. The van der Waals surface area contributed by atoms with E-state index in [9.17, 15) is 4.79 Å². The third-order valence-corrected chi connectivity index (χ3v) is 3.80. The molecule has 1 aromatic carbocycles. The van der Waals surface area contributed by atoms with Gasteiger partial charge in [-0.3, -0.25) is 4.79 Å². The molecular formula is C17H20N4O3. The zero-order chi connectivity index (χ0) is 16.9. The van der Waals surface area contributed by atoms with Gasteiger partial charge in [0.1, 0.15) is 12.9 Å². The van der Waals surface area contributed by atoms with E-state index in [0.717, 1.165) is 18.5 Å². The Morgan fingerprint density at radius 1 is 1.38 bits per heavy atom. The molecule has 0 aliphatic carbocycles. The molecule has 1 amide bonds. The summed E-state index contributed by atoms with van der Waals surface area (Å²) in [7, 11) is 0. The number of rotatable bonds is 6. The van der Waals surface area contributed by atoms with Crippen LogP contribution in [0.1, 0.15) is 35.3 Å². The van der Waals surface area contributed by atoms with E-state index in [1.165, 1.54) is 11.8 Å². The van der Waals surface area contributed by atoms with Crippen molar-refractivity contribution in [1.29, 1.82) is 0 Å². The van der Waals surface area contributed by atoms with Crippen LogP contribution in [0.25, 0.3) is 0 Å². The first-order valence-electron chi connectivity index (χ1n) is 7.95. The maximum Gasteiger partial charge on any atom is 0.282 e. The summed E-state index contributed by atoms with van der Waals surface area (Å²) in [6.45, 7) is 2.47. The fraction of sp³-hybridized carbons (Fsp3) is 0.353. The summed E-state index contributed by atoms with van der Waals surface area (Å²) in [5.41, 5.74) is 7.67. The van der Waals surface area contributed by atoms with Crippen molar-refractivity contribution in [3.63, 3.8) is 0 Å². The molecule has 3 rings (SSSR count). The van der Waals surface area contributed by atoms with Crippen LogP contribution in [-0.4, -0.2) is 29.6 Å². The molecule has 3 N–H and O–H groups in total. The normalized spacial score (nSPS) is 16.5. The highest BCUT2D eigenvalue weighted by molar-refractivity contribution is 6.02. The van der Waals surface area contributed by atoms with Gasteiger partial charge in [0.05, 0.1) is 6.04 Å². The van der Waals surface area contributed by atoms with Crippen LogP contribution in [0.2, 0.25) is 0 Å². The zero-order valence-corrected chi connectivity index (χ0v) is 13.5. The van der Waals surface area contributed by atoms with E-state index in [0.29, 0.717) is 18.9 Å². The number of anilines is 1. The number of hydrogen-bond donors (Lipinski definition) is 2. The molecule has 0 spiro atoms. The summed E-state index contributed by atoms with van der Waals surface area (Å²) < 4.78 is 10.3. The van der Waals surface area contributed by atoms with E-state index < -0.39 is 0 Å². The predicted octanol–water partition coefficient (Wildman–Crippen LogP) is 2.14. The van der Waals surface area contributed by atoms with Crippen LogP contribution >= 0.6 is 0 Å². The SMILES string of the molecule is CCc1nc(C(=O)Nc2ccc(CC[C@H]3COC(N)=N3)cc2)co1. The number of amides is 1. The smallest absolute Gasteiger partial charge is 0.282 e. The van der Waals surface area contributed by atoms with Crippen molar-refractivity contribution in [2.75, 3.05) is 11.9 Å². The van der Waals surface area contributed by atoms with E-state index in [4.69, 9.17) is 14.9 Å². The lowest BCUT2D eigenvalue weighted by molar-refractivity contribution is 0.102. The monoisotopic (exact) mass is 328 g/mol. The molecule has 0 fully saturated rings. The number of hydrogen-bond acceptors (Lipinski definition) is 6. The van der Waals surface area contributed by atoms with E-state index in [1.54, 1.807) is 0 Å². The second-order valence-electron chi connectivity index (χ2n) is 5.60. The number of oxazole rings is 1. The second-order valence-corrected chi connectivity index (χ2v) is 5.60. The lowest BCUT2D eigenvalue weighted by Gasteiger charge is -2.07. The number of aryl methyl sites for hydroxylation is 2. The molecule has 126 valence electrons. The first-order chi connectivity index (χ1) is 11.6. The van der Waals surface area contributed by atoms with Gasteiger partial charge in [-0.25, -0.2) is 9.98 Å². The van der Waals surface area contributed by atoms with Crippen molar-refractivity contribution in [3.05, 3.63) is 47.7 Å².